The molecule has 3 nitrogen and oxygen atoms in total. The molecule has 1 aliphatic carbocycles. The number of anilines is 1. The first-order valence-electron chi connectivity index (χ1n) is 10.3. The molecule has 2 aromatic rings. The van der Waals surface area contributed by atoms with Crippen molar-refractivity contribution in [2.24, 2.45) is 0 Å². The number of fused-ring (bicyclic) bond motifs is 2. The highest BCUT2D eigenvalue weighted by molar-refractivity contribution is 6.41. The summed E-state index contributed by atoms with van der Waals surface area (Å²) in [5.74, 6) is -0.354. The van der Waals surface area contributed by atoms with Gasteiger partial charge in [0.25, 0.3) is 0 Å². The van der Waals surface area contributed by atoms with Gasteiger partial charge in [-0.25, -0.2) is 0 Å². The zero-order valence-corrected chi connectivity index (χ0v) is 17.8. The van der Waals surface area contributed by atoms with E-state index in [1.54, 1.807) is 30.3 Å². The molecule has 2 aromatic carbocycles. The number of rotatable bonds is 3. The minimum absolute atomic E-state index is 0.0431. The van der Waals surface area contributed by atoms with E-state index in [1.807, 2.05) is 0 Å². The first-order valence-corrected chi connectivity index (χ1v) is 10.3. The van der Waals surface area contributed by atoms with Crippen molar-refractivity contribution in [3.05, 3.63) is 75.9 Å². The summed E-state index contributed by atoms with van der Waals surface area (Å²) >= 11 is 0. The van der Waals surface area contributed by atoms with Crippen LogP contribution >= 0.6 is 0 Å². The second-order valence-electron chi connectivity index (χ2n) is 8.62. The molecule has 0 spiro atoms. The number of hydrogen-bond donors (Lipinski definition) is 0. The van der Waals surface area contributed by atoms with E-state index in [4.69, 9.17) is 0 Å². The number of ketones is 2. The summed E-state index contributed by atoms with van der Waals surface area (Å²) < 4.78 is 0. The van der Waals surface area contributed by atoms with Gasteiger partial charge in [0.1, 0.15) is 0 Å². The average molecular weight is 386 g/mol. The van der Waals surface area contributed by atoms with Crippen LogP contribution < -0.4 is 4.90 Å². The number of carbonyl (C=O) groups excluding carboxylic acids is 2. The fourth-order valence-electron chi connectivity index (χ4n) is 4.59. The van der Waals surface area contributed by atoms with E-state index in [2.05, 4.69) is 57.7 Å². The maximum absolute atomic E-state index is 12.8. The zero-order chi connectivity index (χ0) is 20.9. The van der Waals surface area contributed by atoms with Gasteiger partial charge >= 0.3 is 0 Å². The third kappa shape index (κ3) is 3.05. The molecule has 0 unspecified atom stereocenters. The third-order valence-electron chi connectivity index (χ3n) is 6.02. The molecule has 0 radical (unpaired) electrons. The Balaban J connectivity index is 1.83. The molecule has 0 saturated heterocycles. The summed E-state index contributed by atoms with van der Waals surface area (Å²) in [5.41, 5.74) is 6.85. The van der Waals surface area contributed by atoms with Gasteiger partial charge in [0.2, 0.25) is 0 Å². The zero-order valence-electron chi connectivity index (χ0n) is 17.8. The first kappa shape index (κ1) is 19.4. The molecule has 0 fully saturated rings. The molecule has 0 amide bonds. The maximum atomic E-state index is 12.8. The molecule has 0 aromatic heterocycles. The fraction of sp³-hybridized carbons (Fsp3) is 0.308. The molecule has 0 atom stereocenters. The Hall–Kier alpha value is -2.94. The highest BCUT2D eigenvalue weighted by Crippen LogP contribution is 2.41. The fourth-order valence-corrected chi connectivity index (χ4v) is 4.59. The van der Waals surface area contributed by atoms with Crippen molar-refractivity contribution in [3.63, 3.8) is 0 Å². The van der Waals surface area contributed by atoms with Crippen LogP contribution in [0.4, 0.5) is 5.69 Å². The van der Waals surface area contributed by atoms with Gasteiger partial charge in [0, 0.05) is 28.9 Å². The molecular weight excluding hydrogens is 358 g/mol. The second kappa shape index (κ2) is 6.84. The summed E-state index contributed by atoms with van der Waals surface area (Å²) in [6.45, 7) is 11.9. The van der Waals surface area contributed by atoms with E-state index >= 15 is 0 Å². The predicted octanol–water partition coefficient (Wildman–Crippen LogP) is 5.87. The van der Waals surface area contributed by atoms with Crippen LogP contribution in [0.2, 0.25) is 0 Å². The molecule has 0 N–H and O–H groups in total. The molecule has 148 valence electrons. The number of allylic oxidation sites excluding steroid dienone is 2. The standard InChI is InChI=1S/C26H27NO2/c1-6-11-27-23-12-16(2)18(13-21(23)17(3)15-26(27,4)5)14-22-24(28)19-9-7-8-10-20(19)25(22)29/h7-10,12-15H,6,11H2,1-5H3. The summed E-state index contributed by atoms with van der Waals surface area (Å²) in [6, 6.07) is 11.4. The van der Waals surface area contributed by atoms with E-state index in [0.717, 1.165) is 24.1 Å². The summed E-state index contributed by atoms with van der Waals surface area (Å²) in [7, 11) is 0. The van der Waals surface area contributed by atoms with E-state index in [1.165, 1.54) is 16.8 Å². The first-order chi connectivity index (χ1) is 13.7. The molecule has 0 saturated carbocycles. The Morgan fingerprint density at radius 3 is 2.17 bits per heavy atom. The number of nitrogens with zero attached hydrogens (tertiary/aromatic N) is 1. The van der Waals surface area contributed by atoms with Crippen LogP contribution in [0.15, 0.2) is 48.0 Å². The number of Topliss-reactive ketones (excluding diaryl/α,β-unsaturated/α-hetero) is 2. The van der Waals surface area contributed by atoms with Gasteiger partial charge in [0.15, 0.2) is 11.6 Å². The van der Waals surface area contributed by atoms with Crippen molar-refractivity contribution in [2.45, 2.75) is 46.6 Å². The van der Waals surface area contributed by atoms with Crippen molar-refractivity contribution in [1.82, 2.24) is 0 Å². The lowest BCUT2D eigenvalue weighted by atomic mass is 9.86. The molecule has 29 heavy (non-hydrogen) atoms. The number of aryl methyl sites for hydroxylation is 1. The normalized spacial score (nSPS) is 17.2. The third-order valence-corrected chi connectivity index (χ3v) is 6.02. The van der Waals surface area contributed by atoms with Gasteiger partial charge in [-0.3, -0.25) is 9.59 Å². The van der Waals surface area contributed by atoms with Crippen molar-refractivity contribution < 1.29 is 9.59 Å². The topological polar surface area (TPSA) is 37.4 Å². The molecule has 4 rings (SSSR count). The number of hydrogen-bond acceptors (Lipinski definition) is 3. The van der Waals surface area contributed by atoms with Gasteiger partial charge in [-0.1, -0.05) is 37.3 Å². The maximum Gasteiger partial charge on any atom is 0.197 e. The second-order valence-corrected chi connectivity index (χ2v) is 8.62. The summed E-state index contributed by atoms with van der Waals surface area (Å²) in [5, 5.41) is 0. The Kier molecular flexibility index (Phi) is 4.57. The van der Waals surface area contributed by atoms with Crippen LogP contribution in [-0.2, 0) is 0 Å². The SMILES string of the molecule is CCCN1c2cc(C)c(C=C3C(=O)c4ccccc4C3=O)cc2C(C)=CC1(C)C. The van der Waals surface area contributed by atoms with Crippen LogP contribution in [0.25, 0.3) is 11.6 Å². The molecule has 1 aliphatic heterocycles. The molecule has 2 aliphatic rings. The van der Waals surface area contributed by atoms with Crippen LogP contribution in [-0.4, -0.2) is 23.7 Å². The average Bonchev–Trinajstić information content (AvgIpc) is 2.91. The van der Waals surface area contributed by atoms with Crippen LogP contribution in [0.3, 0.4) is 0 Å². The van der Waals surface area contributed by atoms with Gasteiger partial charge in [-0.05, 0) is 69.0 Å². The highest BCUT2D eigenvalue weighted by atomic mass is 16.2. The smallest absolute Gasteiger partial charge is 0.197 e. The number of carbonyl (C=O) groups is 2. The van der Waals surface area contributed by atoms with Crippen molar-refractivity contribution in [2.75, 3.05) is 11.4 Å². The minimum Gasteiger partial charge on any atom is -0.362 e. The summed E-state index contributed by atoms with van der Waals surface area (Å²) in [4.78, 5) is 28.0. The quantitative estimate of drug-likeness (QED) is 0.490. The van der Waals surface area contributed by atoms with E-state index < -0.39 is 0 Å². The van der Waals surface area contributed by atoms with Crippen LogP contribution in [0, 0.1) is 6.92 Å². The van der Waals surface area contributed by atoms with Crippen molar-refractivity contribution in [1.29, 1.82) is 0 Å². The van der Waals surface area contributed by atoms with Gasteiger partial charge in [-0.15, -0.1) is 0 Å². The van der Waals surface area contributed by atoms with Gasteiger partial charge < -0.3 is 4.90 Å². The van der Waals surface area contributed by atoms with Gasteiger partial charge in [0.05, 0.1) is 11.1 Å². The largest absolute Gasteiger partial charge is 0.362 e. The van der Waals surface area contributed by atoms with E-state index in [-0.39, 0.29) is 22.7 Å². The van der Waals surface area contributed by atoms with E-state index in [9.17, 15) is 9.59 Å². The lowest BCUT2D eigenvalue weighted by Gasteiger charge is -2.43. The van der Waals surface area contributed by atoms with Crippen molar-refractivity contribution >= 4 is 28.9 Å². The molecule has 3 heteroatoms. The predicted molar refractivity (Wildman–Crippen MR) is 120 cm³/mol. The van der Waals surface area contributed by atoms with Crippen LogP contribution in [0.1, 0.15) is 71.5 Å². The van der Waals surface area contributed by atoms with Crippen LogP contribution in [0.5, 0.6) is 0 Å². The summed E-state index contributed by atoms with van der Waals surface area (Å²) in [6.07, 6.45) is 5.15. The van der Waals surface area contributed by atoms with E-state index in [0.29, 0.717) is 11.1 Å². The van der Waals surface area contributed by atoms with Crippen molar-refractivity contribution in [3.8, 4) is 0 Å². The highest BCUT2D eigenvalue weighted by Gasteiger charge is 2.34. The molecule has 0 bridgehead atoms. The molecular formula is C26H27NO2. The van der Waals surface area contributed by atoms with Gasteiger partial charge in [-0.2, -0.15) is 0 Å². The lowest BCUT2D eigenvalue weighted by Crippen LogP contribution is -2.45. The Labute approximate surface area is 172 Å². The lowest BCUT2D eigenvalue weighted by molar-refractivity contribution is 0.0990. The monoisotopic (exact) mass is 385 g/mol. The Morgan fingerprint density at radius 2 is 1.59 bits per heavy atom. The Bertz CT molecular complexity index is 1060. The number of benzene rings is 2. The minimum atomic E-state index is -0.177. The Morgan fingerprint density at radius 1 is 0.966 bits per heavy atom. The molecule has 1 heterocycles.